The molecule has 0 spiro atoms. The summed E-state index contributed by atoms with van der Waals surface area (Å²) in [5.74, 6) is -0.219. The van der Waals surface area contributed by atoms with Gasteiger partial charge in [-0.15, -0.1) is 0 Å². The SMILES string of the molecule is Cc1cc(C(=O)NCC2CCCO2)nc(Nc2ccc(C(F)(F)F)cc2)n1. The summed E-state index contributed by atoms with van der Waals surface area (Å²) in [5.41, 5.74) is 0.378. The normalized spacial score (nSPS) is 17.0. The average molecular weight is 380 g/mol. The lowest BCUT2D eigenvalue weighted by molar-refractivity contribution is -0.137. The minimum Gasteiger partial charge on any atom is -0.376 e. The summed E-state index contributed by atoms with van der Waals surface area (Å²) in [7, 11) is 0. The van der Waals surface area contributed by atoms with Crippen LogP contribution >= 0.6 is 0 Å². The minimum atomic E-state index is -4.40. The highest BCUT2D eigenvalue weighted by molar-refractivity contribution is 5.92. The summed E-state index contributed by atoms with van der Waals surface area (Å²) >= 11 is 0. The summed E-state index contributed by atoms with van der Waals surface area (Å²) < 4.78 is 43.3. The van der Waals surface area contributed by atoms with Crippen LogP contribution < -0.4 is 10.6 Å². The predicted octanol–water partition coefficient (Wildman–Crippen LogP) is 3.46. The molecule has 0 aliphatic carbocycles. The molecule has 1 aromatic carbocycles. The molecule has 2 N–H and O–H groups in total. The number of rotatable bonds is 5. The summed E-state index contributed by atoms with van der Waals surface area (Å²) in [4.78, 5) is 20.6. The van der Waals surface area contributed by atoms with E-state index in [4.69, 9.17) is 4.74 Å². The van der Waals surface area contributed by atoms with Crippen LogP contribution in [0, 0.1) is 6.92 Å². The Bertz CT molecular complexity index is 803. The number of aromatic nitrogens is 2. The van der Waals surface area contributed by atoms with Crippen LogP contribution in [0.25, 0.3) is 0 Å². The van der Waals surface area contributed by atoms with Crippen molar-refractivity contribution in [1.29, 1.82) is 0 Å². The molecule has 27 heavy (non-hydrogen) atoms. The van der Waals surface area contributed by atoms with E-state index < -0.39 is 11.7 Å². The van der Waals surface area contributed by atoms with Crippen LogP contribution in [-0.4, -0.2) is 35.1 Å². The number of carbonyl (C=O) groups is 1. The zero-order chi connectivity index (χ0) is 19.4. The lowest BCUT2D eigenvalue weighted by Gasteiger charge is -2.12. The topological polar surface area (TPSA) is 76.1 Å². The Hall–Kier alpha value is -2.68. The Kier molecular flexibility index (Phi) is 5.59. The van der Waals surface area contributed by atoms with Crippen molar-refractivity contribution in [2.45, 2.75) is 32.0 Å². The van der Waals surface area contributed by atoms with Gasteiger partial charge in [-0.05, 0) is 50.1 Å². The molecule has 3 rings (SSSR count). The van der Waals surface area contributed by atoms with E-state index in [1.165, 1.54) is 12.1 Å². The molecular weight excluding hydrogens is 361 g/mol. The van der Waals surface area contributed by atoms with Crippen LogP contribution in [0.2, 0.25) is 0 Å². The van der Waals surface area contributed by atoms with E-state index in [0.717, 1.165) is 25.0 Å². The maximum absolute atomic E-state index is 12.6. The minimum absolute atomic E-state index is 0.0154. The van der Waals surface area contributed by atoms with Gasteiger partial charge in [0.15, 0.2) is 0 Å². The number of hydrogen-bond acceptors (Lipinski definition) is 5. The molecule has 0 saturated carbocycles. The third-order valence-electron chi connectivity index (χ3n) is 4.07. The van der Waals surface area contributed by atoms with E-state index in [1.807, 2.05) is 0 Å². The zero-order valence-electron chi connectivity index (χ0n) is 14.6. The monoisotopic (exact) mass is 380 g/mol. The number of nitrogens with zero attached hydrogens (tertiary/aromatic N) is 2. The Morgan fingerprint density at radius 1 is 1.26 bits per heavy atom. The molecule has 1 unspecified atom stereocenters. The molecule has 1 saturated heterocycles. The smallest absolute Gasteiger partial charge is 0.376 e. The molecule has 1 fully saturated rings. The third kappa shape index (κ3) is 5.16. The molecule has 1 aliphatic rings. The molecule has 0 radical (unpaired) electrons. The number of anilines is 2. The number of carbonyl (C=O) groups excluding carboxylic acids is 1. The summed E-state index contributed by atoms with van der Waals surface area (Å²) in [6, 6.07) is 6.04. The first-order chi connectivity index (χ1) is 12.8. The van der Waals surface area contributed by atoms with E-state index >= 15 is 0 Å². The van der Waals surface area contributed by atoms with Crippen LogP contribution in [-0.2, 0) is 10.9 Å². The number of halogens is 3. The van der Waals surface area contributed by atoms with Gasteiger partial charge >= 0.3 is 6.18 Å². The number of aryl methyl sites for hydroxylation is 1. The zero-order valence-corrected chi connectivity index (χ0v) is 14.6. The Labute approximate surface area is 154 Å². The van der Waals surface area contributed by atoms with E-state index in [0.29, 0.717) is 24.5 Å². The second kappa shape index (κ2) is 7.91. The second-order valence-corrected chi connectivity index (χ2v) is 6.26. The van der Waals surface area contributed by atoms with Gasteiger partial charge in [0, 0.05) is 24.5 Å². The average Bonchev–Trinajstić information content (AvgIpc) is 3.12. The predicted molar refractivity (Wildman–Crippen MR) is 92.8 cm³/mol. The fourth-order valence-electron chi connectivity index (χ4n) is 2.71. The molecule has 1 aliphatic heterocycles. The fourth-order valence-corrected chi connectivity index (χ4v) is 2.71. The standard InChI is InChI=1S/C18H19F3N4O2/c1-11-9-15(16(26)22-10-14-3-2-8-27-14)25-17(23-11)24-13-6-4-12(5-7-13)18(19,20)21/h4-7,9,14H,2-3,8,10H2,1H3,(H,22,26)(H,23,24,25). The van der Waals surface area contributed by atoms with Crippen molar-refractivity contribution in [1.82, 2.24) is 15.3 Å². The molecule has 1 aromatic heterocycles. The molecule has 9 heteroatoms. The number of amides is 1. The maximum Gasteiger partial charge on any atom is 0.416 e. The Morgan fingerprint density at radius 3 is 2.63 bits per heavy atom. The van der Waals surface area contributed by atoms with E-state index in [2.05, 4.69) is 20.6 Å². The van der Waals surface area contributed by atoms with Gasteiger partial charge in [0.05, 0.1) is 11.7 Å². The van der Waals surface area contributed by atoms with Gasteiger partial charge in [0.25, 0.3) is 5.91 Å². The van der Waals surface area contributed by atoms with Gasteiger partial charge in [-0.25, -0.2) is 9.97 Å². The molecule has 2 aromatic rings. The lowest BCUT2D eigenvalue weighted by Crippen LogP contribution is -2.32. The van der Waals surface area contributed by atoms with Crippen LogP contribution in [0.1, 0.15) is 34.6 Å². The molecule has 0 bridgehead atoms. The van der Waals surface area contributed by atoms with E-state index in [9.17, 15) is 18.0 Å². The highest BCUT2D eigenvalue weighted by atomic mass is 19.4. The number of benzene rings is 1. The molecule has 1 amide bonds. The molecular formula is C18H19F3N4O2. The van der Waals surface area contributed by atoms with Gasteiger partial charge in [-0.1, -0.05) is 0 Å². The van der Waals surface area contributed by atoms with Gasteiger partial charge in [0.2, 0.25) is 5.95 Å². The van der Waals surface area contributed by atoms with E-state index in [-0.39, 0.29) is 23.7 Å². The molecule has 144 valence electrons. The number of alkyl halides is 3. The number of ether oxygens (including phenoxy) is 1. The van der Waals surface area contributed by atoms with Gasteiger partial charge in [-0.3, -0.25) is 4.79 Å². The first-order valence-electron chi connectivity index (χ1n) is 8.51. The highest BCUT2D eigenvalue weighted by Crippen LogP contribution is 2.30. The third-order valence-corrected chi connectivity index (χ3v) is 4.07. The van der Waals surface area contributed by atoms with Crippen molar-refractivity contribution in [2.24, 2.45) is 0 Å². The fraction of sp³-hybridized carbons (Fsp3) is 0.389. The quantitative estimate of drug-likeness (QED) is 0.831. The lowest BCUT2D eigenvalue weighted by atomic mass is 10.2. The molecule has 1 atom stereocenters. The maximum atomic E-state index is 12.6. The van der Waals surface area contributed by atoms with Crippen molar-refractivity contribution >= 4 is 17.5 Å². The van der Waals surface area contributed by atoms with Gasteiger partial charge in [-0.2, -0.15) is 13.2 Å². The van der Waals surface area contributed by atoms with Crippen molar-refractivity contribution in [3.05, 3.63) is 47.3 Å². The Morgan fingerprint density at radius 2 is 2.00 bits per heavy atom. The summed E-state index contributed by atoms with van der Waals surface area (Å²) in [6.45, 7) is 2.81. The summed E-state index contributed by atoms with van der Waals surface area (Å²) in [6.07, 6.45) is -2.49. The summed E-state index contributed by atoms with van der Waals surface area (Å²) in [5, 5.41) is 5.60. The second-order valence-electron chi connectivity index (χ2n) is 6.26. The van der Waals surface area contributed by atoms with Gasteiger partial charge in [0.1, 0.15) is 5.69 Å². The van der Waals surface area contributed by atoms with Crippen LogP contribution in [0.4, 0.5) is 24.8 Å². The molecule has 6 nitrogen and oxygen atoms in total. The van der Waals surface area contributed by atoms with Crippen molar-refractivity contribution in [3.63, 3.8) is 0 Å². The van der Waals surface area contributed by atoms with Crippen molar-refractivity contribution in [3.8, 4) is 0 Å². The first kappa shape index (κ1) is 19.1. The van der Waals surface area contributed by atoms with Crippen molar-refractivity contribution in [2.75, 3.05) is 18.5 Å². The van der Waals surface area contributed by atoms with Crippen molar-refractivity contribution < 1.29 is 22.7 Å². The van der Waals surface area contributed by atoms with Crippen LogP contribution in [0.3, 0.4) is 0 Å². The highest BCUT2D eigenvalue weighted by Gasteiger charge is 2.30. The largest absolute Gasteiger partial charge is 0.416 e. The van der Waals surface area contributed by atoms with E-state index in [1.54, 1.807) is 13.0 Å². The number of nitrogens with one attached hydrogen (secondary N) is 2. The van der Waals surface area contributed by atoms with Crippen LogP contribution in [0.15, 0.2) is 30.3 Å². The Balaban J connectivity index is 1.68. The van der Waals surface area contributed by atoms with Gasteiger partial charge < -0.3 is 15.4 Å². The number of hydrogen-bond donors (Lipinski definition) is 2. The molecule has 2 heterocycles. The first-order valence-corrected chi connectivity index (χ1v) is 8.51. The van der Waals surface area contributed by atoms with Crippen LogP contribution in [0.5, 0.6) is 0 Å².